The number of nitrogens with zero attached hydrogens (tertiary/aromatic N) is 3. The molecular formula is C14H12N4O6S-2. The summed E-state index contributed by atoms with van der Waals surface area (Å²) in [5.74, 6) is 0.771. The van der Waals surface area contributed by atoms with Crippen LogP contribution in [0.2, 0.25) is 0 Å². The summed E-state index contributed by atoms with van der Waals surface area (Å²) in [6.07, 6.45) is 4.92. The van der Waals surface area contributed by atoms with Gasteiger partial charge in [0.2, 0.25) is 11.5 Å². The molecule has 0 aliphatic carbocycles. The van der Waals surface area contributed by atoms with Crippen LogP contribution < -0.4 is 11.3 Å². The first-order valence-electron chi connectivity index (χ1n) is 6.65. The van der Waals surface area contributed by atoms with E-state index in [0.717, 1.165) is 11.1 Å². The summed E-state index contributed by atoms with van der Waals surface area (Å²) in [7, 11) is -3.48. The smallest absolute Gasteiger partial charge is 0.250 e. The van der Waals surface area contributed by atoms with Gasteiger partial charge in [0.15, 0.2) is 5.76 Å². The van der Waals surface area contributed by atoms with Crippen molar-refractivity contribution < 1.29 is 21.9 Å². The molecule has 0 bridgehead atoms. The summed E-state index contributed by atoms with van der Waals surface area (Å²) in [5.41, 5.74) is 7.74. The van der Waals surface area contributed by atoms with Crippen LogP contribution in [0.3, 0.4) is 0 Å². The van der Waals surface area contributed by atoms with Gasteiger partial charge < -0.3 is 23.8 Å². The predicted octanol–water partition coefficient (Wildman–Crippen LogP) is 0.346. The van der Waals surface area contributed by atoms with Crippen LogP contribution in [0.5, 0.6) is 0 Å². The topological polar surface area (TPSA) is 167 Å². The average molecular weight is 364 g/mol. The molecule has 11 heteroatoms. The van der Waals surface area contributed by atoms with Gasteiger partial charge >= 0.3 is 0 Å². The minimum absolute atomic E-state index is 0.0790. The maximum atomic E-state index is 11.5. The summed E-state index contributed by atoms with van der Waals surface area (Å²) >= 11 is 0. The standard InChI is InChI=1S/C14H12N4O2.H2O4S/c1-18-8-9(4-5-12(18)19)10-7-16-14(15)17-13(10)11-3-2-6-20-11;1-5(2,3)4/h2-8H,1H3,(H2,15,16,17);(H2,1,2,3,4)/p-2. The van der Waals surface area contributed by atoms with Crippen LogP contribution in [0.4, 0.5) is 5.95 Å². The highest BCUT2D eigenvalue weighted by Crippen LogP contribution is 2.29. The number of hydrogen-bond acceptors (Lipinski definition) is 9. The average Bonchev–Trinajstić information content (AvgIpc) is 3.03. The Morgan fingerprint density at radius 1 is 1.24 bits per heavy atom. The van der Waals surface area contributed by atoms with Crippen LogP contribution in [0.1, 0.15) is 0 Å². The van der Waals surface area contributed by atoms with Crippen LogP contribution in [0.15, 0.2) is 52.1 Å². The van der Waals surface area contributed by atoms with E-state index in [9.17, 15) is 4.79 Å². The molecule has 132 valence electrons. The number of furan rings is 1. The molecule has 0 spiro atoms. The van der Waals surface area contributed by atoms with E-state index in [1.807, 2.05) is 0 Å². The first-order valence-corrected chi connectivity index (χ1v) is 7.98. The molecule has 2 N–H and O–H groups in total. The fourth-order valence-corrected chi connectivity index (χ4v) is 1.96. The highest BCUT2D eigenvalue weighted by molar-refractivity contribution is 7.79. The zero-order valence-electron chi connectivity index (χ0n) is 12.8. The summed E-state index contributed by atoms with van der Waals surface area (Å²) in [6, 6.07) is 6.80. The lowest BCUT2D eigenvalue weighted by Gasteiger charge is -2.08. The summed E-state index contributed by atoms with van der Waals surface area (Å²) < 4.78 is 41.0. The third-order valence-corrected chi connectivity index (χ3v) is 2.96. The lowest BCUT2D eigenvalue weighted by Crippen LogP contribution is -2.14. The van der Waals surface area contributed by atoms with Gasteiger partial charge in [-0.1, -0.05) is 0 Å². The van der Waals surface area contributed by atoms with Crippen LogP contribution in [0, 0.1) is 0 Å². The van der Waals surface area contributed by atoms with E-state index in [0.29, 0.717) is 11.5 Å². The van der Waals surface area contributed by atoms with Crippen LogP contribution in [0.25, 0.3) is 22.6 Å². The summed E-state index contributed by atoms with van der Waals surface area (Å²) in [5, 5.41) is 0. The molecule has 0 atom stereocenters. The van der Waals surface area contributed by atoms with Crippen molar-refractivity contribution in [1.82, 2.24) is 14.5 Å². The molecule has 0 aromatic carbocycles. The van der Waals surface area contributed by atoms with E-state index < -0.39 is 10.4 Å². The lowest BCUT2D eigenvalue weighted by atomic mass is 10.1. The number of pyridine rings is 1. The van der Waals surface area contributed by atoms with Crippen molar-refractivity contribution in [2.45, 2.75) is 0 Å². The Bertz CT molecular complexity index is 1020. The number of aryl methyl sites for hydroxylation is 1. The van der Waals surface area contributed by atoms with Crippen molar-refractivity contribution in [2.75, 3.05) is 5.73 Å². The minimum atomic E-state index is -5.17. The minimum Gasteiger partial charge on any atom is -0.759 e. The SMILES string of the molecule is Cn1cc(-c2cnc(N)nc2-c2ccco2)ccc1=O.O=S(=O)([O-])[O-]. The highest BCUT2D eigenvalue weighted by atomic mass is 32.3. The second kappa shape index (κ2) is 7.25. The molecule has 3 aromatic heterocycles. The van der Waals surface area contributed by atoms with Gasteiger partial charge in [0.1, 0.15) is 5.69 Å². The van der Waals surface area contributed by atoms with Gasteiger partial charge in [-0.05, 0) is 18.2 Å². The van der Waals surface area contributed by atoms with Crippen molar-refractivity contribution in [2.24, 2.45) is 7.05 Å². The molecule has 0 aliphatic heterocycles. The summed E-state index contributed by atoms with van der Waals surface area (Å²) in [4.78, 5) is 19.7. The molecule has 0 saturated heterocycles. The molecule has 3 aromatic rings. The Kier molecular flexibility index (Phi) is 5.32. The number of anilines is 1. The number of nitrogen functional groups attached to an aromatic ring is 1. The van der Waals surface area contributed by atoms with Crippen molar-refractivity contribution >= 4 is 16.3 Å². The lowest BCUT2D eigenvalue weighted by molar-refractivity contribution is 0.352. The van der Waals surface area contributed by atoms with Gasteiger partial charge in [0.05, 0.1) is 6.26 Å². The Labute approximate surface area is 142 Å². The molecule has 3 heterocycles. The summed E-state index contributed by atoms with van der Waals surface area (Å²) in [6.45, 7) is 0. The maximum absolute atomic E-state index is 11.5. The van der Waals surface area contributed by atoms with E-state index in [1.54, 1.807) is 43.9 Å². The maximum Gasteiger partial charge on any atom is 0.250 e. The van der Waals surface area contributed by atoms with Crippen LogP contribution >= 0.6 is 0 Å². The second-order valence-electron chi connectivity index (χ2n) is 4.74. The molecule has 0 aliphatic rings. The van der Waals surface area contributed by atoms with Gasteiger partial charge in [-0.25, -0.2) is 9.97 Å². The van der Waals surface area contributed by atoms with E-state index in [1.165, 1.54) is 10.6 Å². The Morgan fingerprint density at radius 3 is 2.48 bits per heavy atom. The van der Waals surface area contributed by atoms with E-state index in [2.05, 4.69) is 9.97 Å². The first-order chi connectivity index (χ1) is 11.6. The Balaban J connectivity index is 0.000000399. The third kappa shape index (κ3) is 5.24. The van der Waals surface area contributed by atoms with Gasteiger partial charge in [0, 0.05) is 47.0 Å². The van der Waals surface area contributed by atoms with Crippen molar-refractivity contribution in [3.63, 3.8) is 0 Å². The van der Waals surface area contributed by atoms with Gasteiger partial charge in [-0.3, -0.25) is 13.2 Å². The van der Waals surface area contributed by atoms with Gasteiger partial charge in [0.25, 0.3) is 0 Å². The van der Waals surface area contributed by atoms with E-state index in [-0.39, 0.29) is 11.5 Å². The molecule has 3 rings (SSSR count). The van der Waals surface area contributed by atoms with Crippen molar-refractivity contribution in [3.8, 4) is 22.6 Å². The Hall–Kier alpha value is -3.02. The predicted molar refractivity (Wildman–Crippen MR) is 85.3 cm³/mol. The van der Waals surface area contributed by atoms with Crippen molar-refractivity contribution in [3.05, 3.63) is 53.3 Å². The quantitative estimate of drug-likeness (QED) is 0.498. The molecule has 0 amide bonds. The first kappa shape index (κ1) is 18.3. The zero-order chi connectivity index (χ0) is 18.6. The number of nitrogens with two attached hydrogens (primary N) is 1. The third-order valence-electron chi connectivity index (χ3n) is 2.96. The number of hydrogen-bond donors (Lipinski definition) is 1. The Morgan fingerprint density at radius 2 is 1.92 bits per heavy atom. The molecular weight excluding hydrogens is 352 g/mol. The molecule has 0 saturated carbocycles. The van der Waals surface area contributed by atoms with E-state index >= 15 is 0 Å². The van der Waals surface area contributed by atoms with E-state index in [4.69, 9.17) is 27.7 Å². The molecule has 25 heavy (non-hydrogen) atoms. The van der Waals surface area contributed by atoms with Crippen molar-refractivity contribution in [1.29, 1.82) is 0 Å². The molecule has 0 radical (unpaired) electrons. The van der Waals surface area contributed by atoms with Gasteiger partial charge in [-0.2, -0.15) is 0 Å². The largest absolute Gasteiger partial charge is 0.759 e. The molecule has 10 nitrogen and oxygen atoms in total. The monoisotopic (exact) mass is 364 g/mol. The number of rotatable bonds is 2. The number of aromatic nitrogens is 3. The molecule has 0 fully saturated rings. The zero-order valence-corrected chi connectivity index (χ0v) is 13.6. The fourth-order valence-electron chi connectivity index (χ4n) is 1.96. The normalized spacial score (nSPS) is 10.8. The molecule has 0 unspecified atom stereocenters. The van der Waals surface area contributed by atoms with Crippen LogP contribution in [-0.2, 0) is 17.4 Å². The van der Waals surface area contributed by atoms with Gasteiger partial charge in [-0.15, -0.1) is 0 Å². The fraction of sp³-hybridized carbons (Fsp3) is 0.0714. The second-order valence-corrected chi connectivity index (χ2v) is 5.56. The highest BCUT2D eigenvalue weighted by Gasteiger charge is 2.13. The van der Waals surface area contributed by atoms with Crippen LogP contribution in [-0.4, -0.2) is 32.1 Å².